The molecule has 24 heavy (non-hydrogen) atoms. The Kier molecular flexibility index (Phi) is 4.96. The minimum atomic E-state index is -0.209. The van der Waals surface area contributed by atoms with Gasteiger partial charge in [-0.05, 0) is 30.7 Å². The molecular weight excluding hydrogens is 330 g/mol. The molecule has 7 heteroatoms. The maximum absolute atomic E-state index is 12.5. The van der Waals surface area contributed by atoms with Crippen LogP contribution in [0.15, 0.2) is 51.5 Å². The van der Waals surface area contributed by atoms with Crippen LogP contribution in [0, 0.1) is 0 Å². The summed E-state index contributed by atoms with van der Waals surface area (Å²) < 4.78 is 10.8. The molecule has 0 spiro atoms. The average Bonchev–Trinajstić information content (AvgIpc) is 3.26. The smallest absolute Gasteiger partial charge is 0.290 e. The van der Waals surface area contributed by atoms with Gasteiger partial charge in [-0.1, -0.05) is 30.7 Å². The van der Waals surface area contributed by atoms with E-state index in [2.05, 4.69) is 10.2 Å². The summed E-state index contributed by atoms with van der Waals surface area (Å²) in [5.74, 6) is 0.754. The van der Waals surface area contributed by atoms with Crippen molar-refractivity contribution < 1.29 is 13.6 Å². The van der Waals surface area contributed by atoms with Crippen LogP contribution in [-0.4, -0.2) is 27.5 Å². The number of halogens is 1. The van der Waals surface area contributed by atoms with Crippen molar-refractivity contribution in [1.82, 2.24) is 15.1 Å². The number of hydrogen-bond acceptors (Lipinski definition) is 5. The number of carbonyl (C=O) groups excluding carboxylic acids is 1. The Morgan fingerprint density at radius 1 is 1.21 bits per heavy atom. The van der Waals surface area contributed by atoms with Crippen LogP contribution < -0.4 is 0 Å². The second kappa shape index (κ2) is 7.31. The zero-order valence-corrected chi connectivity index (χ0v) is 13.9. The second-order valence-electron chi connectivity index (χ2n) is 5.18. The SMILES string of the molecule is CCCN(Cc1nnc(-c2ccccc2Cl)o1)C(=O)c1ccco1. The van der Waals surface area contributed by atoms with Crippen molar-refractivity contribution in [2.24, 2.45) is 0 Å². The summed E-state index contributed by atoms with van der Waals surface area (Å²) >= 11 is 6.14. The molecule has 0 bridgehead atoms. The number of hydrogen-bond donors (Lipinski definition) is 0. The van der Waals surface area contributed by atoms with Gasteiger partial charge in [0.2, 0.25) is 11.8 Å². The van der Waals surface area contributed by atoms with Gasteiger partial charge in [-0.3, -0.25) is 4.79 Å². The molecule has 3 aromatic rings. The number of furan rings is 1. The predicted octanol–water partition coefficient (Wildman–Crippen LogP) is 4.04. The van der Waals surface area contributed by atoms with E-state index in [4.69, 9.17) is 20.4 Å². The molecule has 2 aromatic heterocycles. The van der Waals surface area contributed by atoms with E-state index in [1.54, 1.807) is 29.2 Å². The minimum absolute atomic E-state index is 0.209. The van der Waals surface area contributed by atoms with Crippen LogP contribution in [-0.2, 0) is 6.54 Å². The molecule has 0 aliphatic rings. The van der Waals surface area contributed by atoms with Gasteiger partial charge >= 0.3 is 0 Å². The highest BCUT2D eigenvalue weighted by Gasteiger charge is 2.21. The zero-order valence-electron chi connectivity index (χ0n) is 13.1. The largest absolute Gasteiger partial charge is 0.459 e. The third-order valence-electron chi connectivity index (χ3n) is 3.41. The van der Waals surface area contributed by atoms with Gasteiger partial charge in [-0.2, -0.15) is 0 Å². The van der Waals surface area contributed by atoms with Gasteiger partial charge < -0.3 is 13.7 Å². The standard InChI is InChI=1S/C17H16ClN3O3/c1-2-9-21(17(22)14-8-5-10-23-14)11-15-19-20-16(24-15)12-6-3-4-7-13(12)18/h3-8,10H,2,9,11H2,1H3. The molecule has 2 heterocycles. The Labute approximate surface area is 144 Å². The lowest BCUT2D eigenvalue weighted by Crippen LogP contribution is -2.31. The maximum Gasteiger partial charge on any atom is 0.290 e. The Morgan fingerprint density at radius 3 is 2.75 bits per heavy atom. The van der Waals surface area contributed by atoms with Crippen LogP contribution in [0.5, 0.6) is 0 Å². The van der Waals surface area contributed by atoms with Crippen LogP contribution in [0.4, 0.5) is 0 Å². The summed E-state index contributed by atoms with van der Waals surface area (Å²) in [6, 6.07) is 10.5. The number of benzene rings is 1. The van der Waals surface area contributed by atoms with E-state index in [1.165, 1.54) is 6.26 Å². The molecule has 1 aromatic carbocycles. The fourth-order valence-electron chi connectivity index (χ4n) is 2.30. The van der Waals surface area contributed by atoms with E-state index < -0.39 is 0 Å². The van der Waals surface area contributed by atoms with Gasteiger partial charge in [0, 0.05) is 6.54 Å². The highest BCUT2D eigenvalue weighted by Crippen LogP contribution is 2.26. The van der Waals surface area contributed by atoms with Crippen LogP contribution >= 0.6 is 11.6 Å². The molecule has 0 saturated heterocycles. The second-order valence-corrected chi connectivity index (χ2v) is 5.59. The Bertz CT molecular complexity index is 814. The fourth-order valence-corrected chi connectivity index (χ4v) is 2.52. The summed E-state index contributed by atoms with van der Waals surface area (Å²) in [7, 11) is 0. The molecular formula is C17H16ClN3O3. The summed E-state index contributed by atoms with van der Waals surface area (Å²) in [6.07, 6.45) is 2.28. The molecule has 124 valence electrons. The van der Waals surface area contributed by atoms with Gasteiger partial charge in [-0.15, -0.1) is 10.2 Å². The zero-order chi connectivity index (χ0) is 16.9. The van der Waals surface area contributed by atoms with E-state index >= 15 is 0 Å². The first kappa shape index (κ1) is 16.3. The third-order valence-corrected chi connectivity index (χ3v) is 3.74. The van der Waals surface area contributed by atoms with Gasteiger partial charge in [0.25, 0.3) is 5.91 Å². The fraction of sp³-hybridized carbons (Fsp3) is 0.235. The predicted molar refractivity (Wildman–Crippen MR) is 88.5 cm³/mol. The van der Waals surface area contributed by atoms with Gasteiger partial charge in [0.05, 0.1) is 23.4 Å². The first-order chi connectivity index (χ1) is 11.7. The van der Waals surface area contributed by atoms with Gasteiger partial charge in [0.1, 0.15) is 0 Å². The molecule has 0 radical (unpaired) electrons. The number of rotatable bonds is 6. The lowest BCUT2D eigenvalue weighted by atomic mass is 10.2. The minimum Gasteiger partial charge on any atom is -0.459 e. The molecule has 0 aliphatic heterocycles. The number of nitrogens with zero attached hydrogens (tertiary/aromatic N) is 3. The van der Waals surface area contributed by atoms with Crippen molar-refractivity contribution in [2.45, 2.75) is 19.9 Å². The molecule has 0 fully saturated rings. The van der Waals surface area contributed by atoms with E-state index in [9.17, 15) is 4.79 Å². The van der Waals surface area contributed by atoms with Crippen molar-refractivity contribution in [3.05, 3.63) is 59.3 Å². The van der Waals surface area contributed by atoms with Crippen molar-refractivity contribution in [3.8, 4) is 11.5 Å². The molecule has 1 amide bonds. The number of carbonyl (C=O) groups is 1. The van der Waals surface area contributed by atoms with Crippen molar-refractivity contribution in [3.63, 3.8) is 0 Å². The van der Waals surface area contributed by atoms with Crippen LogP contribution in [0.25, 0.3) is 11.5 Å². The monoisotopic (exact) mass is 345 g/mol. The Hall–Kier alpha value is -2.60. The average molecular weight is 346 g/mol. The number of amides is 1. The first-order valence-electron chi connectivity index (χ1n) is 7.59. The van der Waals surface area contributed by atoms with Crippen molar-refractivity contribution >= 4 is 17.5 Å². The maximum atomic E-state index is 12.5. The van der Waals surface area contributed by atoms with Crippen LogP contribution in [0.1, 0.15) is 29.8 Å². The summed E-state index contributed by atoms with van der Waals surface area (Å²) in [5.41, 5.74) is 0.664. The highest BCUT2D eigenvalue weighted by atomic mass is 35.5. The van der Waals surface area contributed by atoms with Crippen LogP contribution in [0.2, 0.25) is 5.02 Å². The molecule has 3 rings (SSSR count). The molecule has 0 aliphatic carbocycles. The lowest BCUT2D eigenvalue weighted by molar-refractivity contribution is 0.0696. The Balaban J connectivity index is 1.79. The molecule has 6 nitrogen and oxygen atoms in total. The van der Waals surface area contributed by atoms with Crippen molar-refractivity contribution in [1.29, 1.82) is 0 Å². The van der Waals surface area contributed by atoms with Gasteiger partial charge in [-0.25, -0.2) is 0 Å². The topological polar surface area (TPSA) is 72.4 Å². The lowest BCUT2D eigenvalue weighted by Gasteiger charge is -2.18. The first-order valence-corrected chi connectivity index (χ1v) is 7.97. The summed E-state index contributed by atoms with van der Waals surface area (Å²) in [5, 5.41) is 8.57. The van der Waals surface area contributed by atoms with E-state index in [-0.39, 0.29) is 18.2 Å². The van der Waals surface area contributed by atoms with E-state index in [0.717, 1.165) is 6.42 Å². The van der Waals surface area contributed by atoms with E-state index in [0.29, 0.717) is 28.9 Å². The highest BCUT2D eigenvalue weighted by molar-refractivity contribution is 6.33. The third kappa shape index (κ3) is 3.49. The normalized spacial score (nSPS) is 10.8. The number of aromatic nitrogens is 2. The molecule has 0 atom stereocenters. The quantitative estimate of drug-likeness (QED) is 0.674. The summed E-state index contributed by atoms with van der Waals surface area (Å²) in [4.78, 5) is 14.1. The summed E-state index contributed by atoms with van der Waals surface area (Å²) in [6.45, 7) is 2.76. The molecule has 0 unspecified atom stereocenters. The van der Waals surface area contributed by atoms with Gasteiger partial charge in [0.15, 0.2) is 5.76 Å². The Morgan fingerprint density at radius 2 is 2.04 bits per heavy atom. The van der Waals surface area contributed by atoms with Crippen LogP contribution in [0.3, 0.4) is 0 Å². The van der Waals surface area contributed by atoms with E-state index in [1.807, 2.05) is 19.1 Å². The van der Waals surface area contributed by atoms with Crippen molar-refractivity contribution in [2.75, 3.05) is 6.54 Å². The molecule has 0 N–H and O–H groups in total. The molecule has 0 saturated carbocycles.